The molecule has 0 unspecified atom stereocenters. The highest BCUT2D eigenvalue weighted by Crippen LogP contribution is 2.26. The second-order valence-electron chi connectivity index (χ2n) is 5.14. The monoisotopic (exact) mass is 352 g/mol. The lowest BCUT2D eigenvalue weighted by Gasteiger charge is -2.13. The number of ether oxygens (including phenoxy) is 1. The van der Waals surface area contributed by atoms with Crippen LogP contribution in [-0.4, -0.2) is 18.0 Å². The molecule has 1 rings (SSSR count). The fourth-order valence-electron chi connectivity index (χ4n) is 1.98. The number of benzene rings is 1. The van der Waals surface area contributed by atoms with E-state index in [1.807, 2.05) is 6.07 Å². The number of nitriles is 1. The summed E-state index contributed by atoms with van der Waals surface area (Å²) in [6, 6.07) is 7.77. The third-order valence-corrected chi connectivity index (χ3v) is 3.19. The smallest absolute Gasteiger partial charge is 0.508 e. The Morgan fingerprint density at radius 3 is 2.68 bits per heavy atom. The molecular formula is C18H19F3N2O2. The Bertz CT molecular complexity index is 701. The van der Waals surface area contributed by atoms with Gasteiger partial charge in [0, 0.05) is 17.7 Å². The van der Waals surface area contributed by atoms with E-state index in [0.29, 0.717) is 29.7 Å². The summed E-state index contributed by atoms with van der Waals surface area (Å²) in [4.78, 5) is 0. The Labute approximate surface area is 144 Å². The molecule has 4 nitrogen and oxygen atoms in total. The van der Waals surface area contributed by atoms with Gasteiger partial charge in [0.15, 0.2) is 0 Å². The first-order valence-corrected chi connectivity index (χ1v) is 7.44. The Balaban J connectivity index is 2.65. The number of aliphatic hydroxyl groups is 1. The first-order valence-electron chi connectivity index (χ1n) is 7.44. The Morgan fingerprint density at radius 2 is 2.08 bits per heavy atom. The highest BCUT2D eigenvalue weighted by molar-refractivity contribution is 5.34. The van der Waals surface area contributed by atoms with E-state index in [2.05, 4.69) is 16.6 Å². The van der Waals surface area contributed by atoms with Crippen LogP contribution in [0.4, 0.5) is 13.2 Å². The van der Waals surface area contributed by atoms with Gasteiger partial charge in [0.05, 0.1) is 6.07 Å². The van der Waals surface area contributed by atoms with Crippen molar-refractivity contribution >= 4 is 0 Å². The van der Waals surface area contributed by atoms with Gasteiger partial charge in [-0.2, -0.15) is 5.26 Å². The minimum absolute atomic E-state index is 0.0587. The fourth-order valence-corrected chi connectivity index (χ4v) is 1.98. The molecular weight excluding hydrogens is 333 g/mol. The van der Waals surface area contributed by atoms with Crippen LogP contribution in [0.3, 0.4) is 0 Å². The topological polar surface area (TPSA) is 65.3 Å². The maximum atomic E-state index is 12.4. The van der Waals surface area contributed by atoms with E-state index >= 15 is 0 Å². The first kappa shape index (κ1) is 20.3. The zero-order valence-corrected chi connectivity index (χ0v) is 13.7. The van der Waals surface area contributed by atoms with Gasteiger partial charge in [0.1, 0.15) is 11.5 Å². The number of rotatable bonds is 8. The molecule has 0 heterocycles. The van der Waals surface area contributed by atoms with Gasteiger partial charge in [-0.15, -0.1) is 13.2 Å². The normalized spacial score (nSPS) is 13.0. The maximum Gasteiger partial charge on any atom is 0.573 e. The average molecular weight is 352 g/mol. The van der Waals surface area contributed by atoms with Gasteiger partial charge in [0.2, 0.25) is 0 Å². The summed E-state index contributed by atoms with van der Waals surface area (Å²) in [5.41, 5.74) is 1.25. The Hall–Kier alpha value is -2.72. The molecule has 25 heavy (non-hydrogen) atoms. The van der Waals surface area contributed by atoms with E-state index in [9.17, 15) is 18.3 Å². The van der Waals surface area contributed by atoms with Gasteiger partial charge in [0.25, 0.3) is 0 Å². The number of hydrogen-bond donors (Lipinski definition) is 2. The molecule has 0 aliphatic heterocycles. The van der Waals surface area contributed by atoms with Crippen LogP contribution in [0.5, 0.6) is 5.75 Å². The van der Waals surface area contributed by atoms with E-state index in [1.165, 1.54) is 30.4 Å². The standard InChI is InChI=1S/C18H19F3N2O2/c1-3-14(16(24)10-13(2)11-22)8-9-23-12-15-6-4-5-7-17(15)25-18(19,20)21/h3-7,10,23-24H,1,8-9,12H2,2H3/b13-10+,16-14-. The predicted octanol–water partition coefficient (Wildman–Crippen LogP) is 4.53. The third kappa shape index (κ3) is 7.59. The molecule has 7 heteroatoms. The summed E-state index contributed by atoms with van der Waals surface area (Å²) in [5.74, 6) is -0.311. The molecule has 0 bridgehead atoms. The molecule has 0 amide bonds. The average Bonchev–Trinajstić information content (AvgIpc) is 2.54. The summed E-state index contributed by atoms with van der Waals surface area (Å²) in [6.45, 7) is 5.73. The fraction of sp³-hybridized carbons (Fsp3) is 0.278. The molecule has 0 spiro atoms. The lowest BCUT2D eigenvalue weighted by molar-refractivity contribution is -0.274. The van der Waals surface area contributed by atoms with E-state index in [4.69, 9.17) is 5.26 Å². The van der Waals surface area contributed by atoms with E-state index < -0.39 is 6.36 Å². The molecule has 2 N–H and O–H groups in total. The van der Waals surface area contributed by atoms with Crippen molar-refractivity contribution in [3.63, 3.8) is 0 Å². The van der Waals surface area contributed by atoms with Crippen LogP contribution in [0.15, 0.2) is 59.9 Å². The van der Waals surface area contributed by atoms with Crippen LogP contribution in [0.2, 0.25) is 0 Å². The maximum absolute atomic E-state index is 12.4. The van der Waals surface area contributed by atoms with Crippen LogP contribution in [0, 0.1) is 11.3 Å². The minimum Gasteiger partial charge on any atom is -0.508 e. The second kappa shape index (κ2) is 9.55. The van der Waals surface area contributed by atoms with Crippen molar-refractivity contribution in [3.8, 4) is 11.8 Å². The number of nitrogens with zero attached hydrogens (tertiary/aromatic N) is 1. The molecule has 1 aromatic rings. The summed E-state index contributed by atoms with van der Waals surface area (Å²) >= 11 is 0. The zero-order valence-electron chi connectivity index (χ0n) is 13.7. The van der Waals surface area contributed by atoms with Crippen LogP contribution >= 0.6 is 0 Å². The van der Waals surface area contributed by atoms with Crippen molar-refractivity contribution in [2.45, 2.75) is 26.3 Å². The van der Waals surface area contributed by atoms with Crippen molar-refractivity contribution in [1.29, 1.82) is 5.26 Å². The molecule has 0 aliphatic carbocycles. The number of hydrogen-bond acceptors (Lipinski definition) is 4. The van der Waals surface area contributed by atoms with Crippen LogP contribution in [0.25, 0.3) is 0 Å². The van der Waals surface area contributed by atoms with Crippen molar-refractivity contribution in [3.05, 3.63) is 65.5 Å². The SMILES string of the molecule is C=C/C(CCNCc1ccccc1OC(F)(F)F)=C(O)\C=C(/C)C#N. The summed E-state index contributed by atoms with van der Waals surface area (Å²) < 4.78 is 41.1. The summed E-state index contributed by atoms with van der Waals surface area (Å²) in [6.07, 6.45) is -1.54. The van der Waals surface area contributed by atoms with Crippen molar-refractivity contribution in [2.24, 2.45) is 0 Å². The molecule has 0 saturated carbocycles. The van der Waals surface area contributed by atoms with Gasteiger partial charge in [-0.05, 0) is 37.6 Å². The highest BCUT2D eigenvalue weighted by atomic mass is 19.4. The Kier molecular flexibility index (Phi) is 7.76. The third-order valence-electron chi connectivity index (χ3n) is 3.19. The molecule has 134 valence electrons. The number of allylic oxidation sites excluding steroid dienone is 3. The highest BCUT2D eigenvalue weighted by Gasteiger charge is 2.31. The second-order valence-corrected chi connectivity index (χ2v) is 5.14. The van der Waals surface area contributed by atoms with Gasteiger partial charge < -0.3 is 15.2 Å². The van der Waals surface area contributed by atoms with Crippen LogP contribution in [-0.2, 0) is 6.54 Å². The van der Waals surface area contributed by atoms with Gasteiger partial charge in [-0.25, -0.2) is 0 Å². The van der Waals surface area contributed by atoms with Crippen molar-refractivity contribution < 1.29 is 23.0 Å². The van der Waals surface area contributed by atoms with Gasteiger partial charge >= 0.3 is 6.36 Å². The Morgan fingerprint density at radius 1 is 1.40 bits per heavy atom. The summed E-state index contributed by atoms with van der Waals surface area (Å²) in [7, 11) is 0. The molecule has 0 aromatic heterocycles. The number of alkyl halides is 3. The predicted molar refractivity (Wildman–Crippen MR) is 88.7 cm³/mol. The van der Waals surface area contributed by atoms with Crippen LogP contribution in [0.1, 0.15) is 18.9 Å². The molecule has 1 aromatic carbocycles. The lowest BCUT2D eigenvalue weighted by atomic mass is 10.1. The first-order chi connectivity index (χ1) is 11.8. The van der Waals surface area contributed by atoms with Crippen molar-refractivity contribution in [2.75, 3.05) is 6.54 Å². The number of halogens is 3. The van der Waals surface area contributed by atoms with Crippen LogP contribution < -0.4 is 10.1 Å². The lowest BCUT2D eigenvalue weighted by Crippen LogP contribution is -2.20. The van der Waals surface area contributed by atoms with Gasteiger partial charge in [-0.1, -0.05) is 30.9 Å². The largest absolute Gasteiger partial charge is 0.573 e. The number of para-hydroxylation sites is 1. The van der Waals surface area contributed by atoms with Gasteiger partial charge in [-0.3, -0.25) is 0 Å². The minimum atomic E-state index is -4.74. The van der Waals surface area contributed by atoms with Crippen molar-refractivity contribution in [1.82, 2.24) is 5.32 Å². The molecule has 0 atom stereocenters. The van der Waals surface area contributed by atoms with E-state index in [1.54, 1.807) is 13.0 Å². The molecule has 0 saturated heterocycles. The number of aliphatic hydroxyl groups excluding tert-OH is 1. The summed E-state index contributed by atoms with van der Waals surface area (Å²) in [5, 5.41) is 21.6. The zero-order chi connectivity index (χ0) is 18.9. The molecule has 0 fully saturated rings. The van der Waals surface area contributed by atoms with E-state index in [-0.39, 0.29) is 18.1 Å². The van der Waals surface area contributed by atoms with E-state index in [0.717, 1.165) is 0 Å². The molecule has 0 aliphatic rings. The molecule has 0 radical (unpaired) electrons. The quantitative estimate of drug-likeness (QED) is 0.312. The number of nitrogens with one attached hydrogen (secondary N) is 1.